The minimum Gasteiger partial charge on any atom is -0.549 e. The molecule has 1 heterocycles. The van der Waals surface area contributed by atoms with Crippen LogP contribution in [-0.4, -0.2) is 57.7 Å². The van der Waals surface area contributed by atoms with Crippen LogP contribution in [0.25, 0.3) is 0 Å². The molecule has 0 aromatic rings. The van der Waals surface area contributed by atoms with Gasteiger partial charge in [0, 0.05) is 31.8 Å². The molecule has 0 spiro atoms. The number of ketones is 1. The second-order valence-electron chi connectivity index (χ2n) is 9.41. The number of allylic oxidation sites excluding steroid dienone is 2. The standard InChI is InChI=1S/C22H39NO4SSi/c1-22(2,3)17-16-18(24)21(20(17)27-29(4)5)28-15-9-7-6-8-10-19(25)23-11-13-26-14-12-23/h17,29H,6-16H2,1-5H3. The highest BCUT2D eigenvalue weighted by Gasteiger charge is 2.40. The number of ether oxygens (including phenoxy) is 1. The number of Topliss-reactive ketones (excluding diaryl/α,β-unsaturated/α-hetero) is 1. The molecule has 7 heteroatoms. The van der Waals surface area contributed by atoms with E-state index in [9.17, 15) is 9.59 Å². The summed E-state index contributed by atoms with van der Waals surface area (Å²) in [7, 11) is -1.25. The molecule has 166 valence electrons. The SMILES string of the molecule is C[SiH](C)OC1=C(SCCCCCCC(=O)N2CCOCC2)C(=O)CC1C(C)(C)C. The Labute approximate surface area is 182 Å². The van der Waals surface area contributed by atoms with E-state index >= 15 is 0 Å². The molecule has 0 saturated carbocycles. The highest BCUT2D eigenvalue weighted by Crippen LogP contribution is 2.45. The maximum Gasteiger partial charge on any atom is 0.229 e. The fourth-order valence-corrected chi connectivity index (χ4v) is 5.79. The summed E-state index contributed by atoms with van der Waals surface area (Å²) in [6.45, 7) is 13.7. The molecule has 0 radical (unpaired) electrons. The first-order valence-corrected chi connectivity index (χ1v) is 14.9. The van der Waals surface area contributed by atoms with Gasteiger partial charge in [0.1, 0.15) is 5.76 Å². The smallest absolute Gasteiger partial charge is 0.229 e. The zero-order valence-corrected chi connectivity index (χ0v) is 20.9. The van der Waals surface area contributed by atoms with Gasteiger partial charge in [-0.05, 0) is 37.1 Å². The van der Waals surface area contributed by atoms with Gasteiger partial charge >= 0.3 is 0 Å². The van der Waals surface area contributed by atoms with Gasteiger partial charge in [0.2, 0.25) is 14.9 Å². The van der Waals surface area contributed by atoms with Gasteiger partial charge in [-0.2, -0.15) is 0 Å². The predicted molar refractivity (Wildman–Crippen MR) is 122 cm³/mol. The van der Waals surface area contributed by atoms with Crippen LogP contribution in [0.4, 0.5) is 0 Å². The number of unbranched alkanes of at least 4 members (excludes halogenated alkanes) is 3. The maximum absolute atomic E-state index is 12.6. The Balaban J connectivity index is 1.72. The second kappa shape index (κ2) is 11.6. The molecule has 29 heavy (non-hydrogen) atoms. The zero-order valence-electron chi connectivity index (χ0n) is 18.9. The number of nitrogens with zero attached hydrogens (tertiary/aromatic N) is 1. The monoisotopic (exact) mass is 441 g/mol. The van der Waals surface area contributed by atoms with Crippen LogP contribution in [0.1, 0.15) is 59.3 Å². The van der Waals surface area contributed by atoms with Gasteiger partial charge in [0.15, 0.2) is 5.78 Å². The topological polar surface area (TPSA) is 55.8 Å². The normalized spacial score (nSPS) is 20.7. The molecule has 1 saturated heterocycles. The average molecular weight is 442 g/mol. The highest BCUT2D eigenvalue weighted by atomic mass is 32.2. The Morgan fingerprint density at radius 1 is 1.17 bits per heavy atom. The number of thioether (sulfide) groups is 1. The van der Waals surface area contributed by atoms with E-state index in [4.69, 9.17) is 9.16 Å². The van der Waals surface area contributed by atoms with Gasteiger partial charge in [0.05, 0.1) is 18.1 Å². The number of morpholine rings is 1. The molecule has 0 aromatic heterocycles. The van der Waals surface area contributed by atoms with Crippen LogP contribution in [0.15, 0.2) is 10.7 Å². The summed E-state index contributed by atoms with van der Waals surface area (Å²) in [5.74, 6) is 2.65. The minimum atomic E-state index is -1.25. The summed E-state index contributed by atoms with van der Waals surface area (Å²) in [6, 6.07) is 0. The van der Waals surface area contributed by atoms with Crippen molar-refractivity contribution in [2.75, 3.05) is 32.1 Å². The van der Waals surface area contributed by atoms with Gasteiger partial charge in [-0.1, -0.05) is 33.6 Å². The molecule has 1 amide bonds. The van der Waals surface area contributed by atoms with Crippen molar-refractivity contribution in [3.63, 3.8) is 0 Å². The van der Waals surface area contributed by atoms with E-state index < -0.39 is 9.04 Å². The van der Waals surface area contributed by atoms with E-state index in [-0.39, 0.29) is 23.0 Å². The lowest BCUT2D eigenvalue weighted by Gasteiger charge is -2.30. The van der Waals surface area contributed by atoms with Crippen molar-refractivity contribution in [2.45, 2.75) is 72.4 Å². The van der Waals surface area contributed by atoms with Crippen LogP contribution in [0.3, 0.4) is 0 Å². The molecule has 0 aromatic carbocycles. The fourth-order valence-electron chi connectivity index (χ4n) is 3.78. The van der Waals surface area contributed by atoms with Crippen molar-refractivity contribution in [3.05, 3.63) is 10.7 Å². The summed E-state index contributed by atoms with van der Waals surface area (Å²) in [5.41, 5.74) is 0.0453. The second-order valence-corrected chi connectivity index (χ2v) is 12.9. The Bertz CT molecular complexity index is 594. The highest BCUT2D eigenvalue weighted by molar-refractivity contribution is 8.04. The van der Waals surface area contributed by atoms with Gasteiger partial charge in [-0.3, -0.25) is 9.59 Å². The molecular formula is C22H39NO4SSi. The molecule has 0 bridgehead atoms. The largest absolute Gasteiger partial charge is 0.549 e. The van der Waals surface area contributed by atoms with Gasteiger partial charge < -0.3 is 14.1 Å². The number of hydrogen-bond acceptors (Lipinski definition) is 5. The third-order valence-electron chi connectivity index (χ3n) is 5.49. The molecule has 1 unspecified atom stereocenters. The molecular weight excluding hydrogens is 402 g/mol. The Hall–Kier alpha value is -0.793. The number of carbonyl (C=O) groups excluding carboxylic acids is 2. The Kier molecular flexibility index (Phi) is 9.76. The van der Waals surface area contributed by atoms with E-state index in [1.165, 1.54) is 0 Å². The third kappa shape index (κ3) is 7.76. The van der Waals surface area contributed by atoms with Crippen LogP contribution in [0.2, 0.25) is 13.1 Å². The van der Waals surface area contributed by atoms with Crippen LogP contribution < -0.4 is 0 Å². The van der Waals surface area contributed by atoms with Gasteiger partial charge in [0.25, 0.3) is 0 Å². The number of carbonyl (C=O) groups is 2. The van der Waals surface area contributed by atoms with E-state index in [0.717, 1.165) is 55.2 Å². The van der Waals surface area contributed by atoms with E-state index in [0.29, 0.717) is 26.1 Å². The third-order valence-corrected chi connectivity index (χ3v) is 7.42. The molecule has 1 aliphatic heterocycles. The first kappa shape index (κ1) is 24.5. The molecule has 0 N–H and O–H groups in total. The lowest BCUT2D eigenvalue weighted by molar-refractivity contribution is -0.135. The quantitative estimate of drug-likeness (QED) is 0.372. The number of rotatable bonds is 10. The van der Waals surface area contributed by atoms with Crippen LogP contribution in [-0.2, 0) is 18.8 Å². The lowest BCUT2D eigenvalue weighted by Crippen LogP contribution is -2.40. The van der Waals surface area contributed by atoms with Crippen molar-refractivity contribution in [1.29, 1.82) is 0 Å². The first-order valence-electron chi connectivity index (χ1n) is 11.1. The molecule has 2 rings (SSSR count). The Morgan fingerprint density at radius 3 is 2.45 bits per heavy atom. The van der Waals surface area contributed by atoms with E-state index in [1.54, 1.807) is 11.8 Å². The fraction of sp³-hybridized carbons (Fsp3) is 0.818. The van der Waals surface area contributed by atoms with Crippen LogP contribution in [0.5, 0.6) is 0 Å². The predicted octanol–water partition coefficient (Wildman–Crippen LogP) is 4.38. The van der Waals surface area contributed by atoms with Gasteiger partial charge in [-0.15, -0.1) is 11.8 Å². The van der Waals surface area contributed by atoms with E-state index in [2.05, 4.69) is 33.9 Å². The summed E-state index contributed by atoms with van der Waals surface area (Å²) in [5, 5.41) is 0. The zero-order chi connectivity index (χ0) is 21.4. The minimum absolute atomic E-state index is 0.0453. The Morgan fingerprint density at radius 2 is 1.83 bits per heavy atom. The van der Waals surface area contributed by atoms with Crippen molar-refractivity contribution >= 4 is 32.5 Å². The molecule has 1 aliphatic carbocycles. The number of hydrogen-bond donors (Lipinski definition) is 0. The van der Waals surface area contributed by atoms with Crippen molar-refractivity contribution in [2.24, 2.45) is 11.3 Å². The average Bonchev–Trinajstić information content (AvgIpc) is 2.97. The molecule has 1 atom stereocenters. The molecule has 1 fully saturated rings. The van der Waals surface area contributed by atoms with Crippen molar-refractivity contribution in [3.8, 4) is 0 Å². The molecule has 2 aliphatic rings. The summed E-state index contributed by atoms with van der Waals surface area (Å²) in [6.07, 6.45) is 5.41. The van der Waals surface area contributed by atoms with Crippen molar-refractivity contribution < 1.29 is 18.8 Å². The van der Waals surface area contributed by atoms with Crippen LogP contribution >= 0.6 is 11.8 Å². The summed E-state index contributed by atoms with van der Waals surface area (Å²) >= 11 is 1.69. The molecule has 5 nitrogen and oxygen atoms in total. The van der Waals surface area contributed by atoms with E-state index in [1.807, 2.05) is 4.90 Å². The van der Waals surface area contributed by atoms with Gasteiger partial charge in [-0.25, -0.2) is 0 Å². The lowest BCUT2D eigenvalue weighted by atomic mass is 9.79. The summed E-state index contributed by atoms with van der Waals surface area (Å²) < 4.78 is 11.5. The van der Waals surface area contributed by atoms with Crippen molar-refractivity contribution in [1.82, 2.24) is 4.90 Å². The van der Waals surface area contributed by atoms with Crippen LogP contribution in [0, 0.1) is 11.3 Å². The summed E-state index contributed by atoms with van der Waals surface area (Å²) in [4.78, 5) is 27.6. The number of amides is 1. The maximum atomic E-state index is 12.6. The first-order chi connectivity index (χ1) is 13.7.